The van der Waals surface area contributed by atoms with Gasteiger partial charge in [0, 0.05) is 7.05 Å². The molecule has 1 heterocycles. The maximum absolute atomic E-state index is 13.6. The van der Waals surface area contributed by atoms with E-state index in [4.69, 9.17) is 9.47 Å². The van der Waals surface area contributed by atoms with Crippen molar-refractivity contribution in [1.82, 2.24) is 14.8 Å². The van der Waals surface area contributed by atoms with E-state index in [0.29, 0.717) is 22.5 Å². The van der Waals surface area contributed by atoms with Crippen LogP contribution in [0.1, 0.15) is 18.9 Å². The lowest BCUT2D eigenvalue weighted by molar-refractivity contribution is -0.113. The van der Waals surface area contributed by atoms with Gasteiger partial charge in [0.05, 0.1) is 18.6 Å². The predicted molar refractivity (Wildman–Crippen MR) is 109 cm³/mol. The third kappa shape index (κ3) is 5.05. The molecule has 1 aromatic heterocycles. The largest absolute Gasteiger partial charge is 0.493 e. The molecule has 0 saturated heterocycles. The molecule has 0 aliphatic carbocycles. The second kappa shape index (κ2) is 9.42. The van der Waals surface area contributed by atoms with Gasteiger partial charge in [0.2, 0.25) is 5.91 Å². The highest BCUT2D eigenvalue weighted by molar-refractivity contribution is 7.99. The summed E-state index contributed by atoms with van der Waals surface area (Å²) >= 11 is 1.21. The summed E-state index contributed by atoms with van der Waals surface area (Å²) in [6, 6.07) is 13.4. The molecule has 1 N–H and O–H groups in total. The lowest BCUT2D eigenvalue weighted by Crippen LogP contribution is -2.15. The number of aromatic nitrogens is 3. The second-order valence-electron chi connectivity index (χ2n) is 6.13. The number of methoxy groups -OCH3 is 1. The van der Waals surface area contributed by atoms with Crippen LogP contribution in [0.4, 0.5) is 10.1 Å². The number of amides is 1. The van der Waals surface area contributed by atoms with Crippen molar-refractivity contribution in [3.8, 4) is 11.5 Å². The molecule has 7 nitrogen and oxygen atoms in total. The predicted octanol–water partition coefficient (Wildman–Crippen LogP) is 3.83. The molecule has 1 atom stereocenters. The van der Waals surface area contributed by atoms with Crippen molar-refractivity contribution in [1.29, 1.82) is 0 Å². The van der Waals surface area contributed by atoms with Gasteiger partial charge in [-0.05, 0) is 31.2 Å². The quantitative estimate of drug-likeness (QED) is 0.562. The van der Waals surface area contributed by atoms with Crippen LogP contribution < -0.4 is 14.8 Å². The van der Waals surface area contributed by atoms with Gasteiger partial charge in [-0.3, -0.25) is 4.79 Å². The minimum Gasteiger partial charge on any atom is -0.493 e. The number of thioether (sulfide) groups is 1. The van der Waals surface area contributed by atoms with E-state index in [1.165, 1.54) is 23.9 Å². The van der Waals surface area contributed by atoms with Gasteiger partial charge in [0.15, 0.2) is 28.6 Å². The van der Waals surface area contributed by atoms with Crippen LogP contribution in [0.2, 0.25) is 0 Å². The molecule has 29 heavy (non-hydrogen) atoms. The van der Waals surface area contributed by atoms with Crippen molar-refractivity contribution in [2.75, 3.05) is 18.2 Å². The third-order valence-electron chi connectivity index (χ3n) is 4.09. The van der Waals surface area contributed by atoms with Crippen molar-refractivity contribution in [2.45, 2.75) is 18.2 Å². The number of ether oxygens (including phenoxy) is 2. The van der Waals surface area contributed by atoms with Crippen LogP contribution in [0.5, 0.6) is 11.5 Å². The summed E-state index contributed by atoms with van der Waals surface area (Å²) in [5.74, 6) is 1.09. The molecule has 0 saturated carbocycles. The molecule has 152 valence electrons. The maximum Gasteiger partial charge on any atom is 0.234 e. The van der Waals surface area contributed by atoms with Gasteiger partial charge in [-0.2, -0.15) is 0 Å². The van der Waals surface area contributed by atoms with Crippen LogP contribution in [0, 0.1) is 5.82 Å². The standard InChI is InChI=1S/C20H21FN4O3S/c1-13(28-17-11-7-6-10-16(17)27-3)19-23-24-20(25(19)2)29-12-18(26)22-15-9-5-4-8-14(15)21/h4-11,13H,12H2,1-3H3,(H,22,26). The van der Waals surface area contributed by atoms with E-state index in [1.807, 2.05) is 31.2 Å². The number of benzene rings is 2. The molecular formula is C20H21FN4O3S. The summed E-state index contributed by atoms with van der Waals surface area (Å²) in [5.41, 5.74) is 0.149. The number of hydrogen-bond donors (Lipinski definition) is 1. The summed E-state index contributed by atoms with van der Waals surface area (Å²) in [5, 5.41) is 11.4. The molecule has 0 spiro atoms. The molecule has 0 aliphatic rings. The number of rotatable bonds is 8. The molecule has 0 fully saturated rings. The Morgan fingerprint density at radius 1 is 1.17 bits per heavy atom. The van der Waals surface area contributed by atoms with Gasteiger partial charge in [0.25, 0.3) is 0 Å². The van der Waals surface area contributed by atoms with Crippen LogP contribution in [-0.4, -0.2) is 33.5 Å². The number of nitrogens with zero attached hydrogens (tertiary/aromatic N) is 3. The topological polar surface area (TPSA) is 78.3 Å². The Labute approximate surface area is 172 Å². The van der Waals surface area contributed by atoms with Crippen molar-refractivity contribution in [3.05, 3.63) is 60.2 Å². The molecule has 1 unspecified atom stereocenters. The zero-order valence-corrected chi connectivity index (χ0v) is 17.1. The highest BCUT2D eigenvalue weighted by Crippen LogP contribution is 2.30. The van der Waals surface area contributed by atoms with Gasteiger partial charge in [-0.25, -0.2) is 4.39 Å². The van der Waals surface area contributed by atoms with Crippen LogP contribution in [0.25, 0.3) is 0 Å². The average molecular weight is 416 g/mol. The highest BCUT2D eigenvalue weighted by Gasteiger charge is 2.19. The Bertz CT molecular complexity index is 995. The number of carbonyl (C=O) groups is 1. The Balaban J connectivity index is 1.61. The fourth-order valence-electron chi connectivity index (χ4n) is 2.64. The van der Waals surface area contributed by atoms with Crippen LogP contribution >= 0.6 is 11.8 Å². The first kappa shape index (κ1) is 20.7. The lowest BCUT2D eigenvalue weighted by atomic mass is 10.3. The van der Waals surface area contributed by atoms with E-state index in [-0.39, 0.29) is 23.5 Å². The number of carbonyl (C=O) groups excluding carboxylic acids is 1. The normalized spacial score (nSPS) is 11.7. The fraction of sp³-hybridized carbons (Fsp3) is 0.250. The van der Waals surface area contributed by atoms with Gasteiger partial charge < -0.3 is 19.4 Å². The Hall–Kier alpha value is -3.07. The third-order valence-corrected chi connectivity index (χ3v) is 5.11. The number of anilines is 1. The summed E-state index contributed by atoms with van der Waals surface area (Å²) in [6.07, 6.45) is -0.384. The first-order valence-corrected chi connectivity index (χ1v) is 9.84. The zero-order valence-electron chi connectivity index (χ0n) is 16.3. The van der Waals surface area contributed by atoms with E-state index in [0.717, 1.165) is 0 Å². The molecule has 1 amide bonds. The lowest BCUT2D eigenvalue weighted by Gasteiger charge is -2.16. The van der Waals surface area contributed by atoms with Crippen molar-refractivity contribution < 1.29 is 18.7 Å². The smallest absolute Gasteiger partial charge is 0.234 e. The van der Waals surface area contributed by atoms with Gasteiger partial charge in [-0.15, -0.1) is 10.2 Å². The molecule has 2 aromatic carbocycles. The molecule has 3 rings (SSSR count). The van der Waals surface area contributed by atoms with Crippen molar-refractivity contribution >= 4 is 23.4 Å². The molecule has 0 radical (unpaired) electrons. The van der Waals surface area contributed by atoms with E-state index in [9.17, 15) is 9.18 Å². The van der Waals surface area contributed by atoms with E-state index < -0.39 is 5.82 Å². The second-order valence-corrected chi connectivity index (χ2v) is 7.07. The zero-order chi connectivity index (χ0) is 20.8. The number of nitrogens with one attached hydrogen (secondary N) is 1. The first-order chi connectivity index (χ1) is 14.0. The minimum absolute atomic E-state index is 0.0715. The monoisotopic (exact) mass is 416 g/mol. The first-order valence-electron chi connectivity index (χ1n) is 8.85. The highest BCUT2D eigenvalue weighted by atomic mass is 32.2. The summed E-state index contributed by atoms with van der Waals surface area (Å²) < 4.78 is 26.6. The number of para-hydroxylation sites is 3. The van der Waals surface area contributed by atoms with Crippen LogP contribution in [0.3, 0.4) is 0 Å². The molecular weight excluding hydrogens is 395 g/mol. The van der Waals surface area contributed by atoms with Crippen LogP contribution in [-0.2, 0) is 11.8 Å². The Morgan fingerprint density at radius 2 is 1.86 bits per heavy atom. The molecule has 0 bridgehead atoms. The summed E-state index contributed by atoms with van der Waals surface area (Å²) in [7, 11) is 3.38. The summed E-state index contributed by atoms with van der Waals surface area (Å²) in [4.78, 5) is 12.1. The Kier molecular flexibility index (Phi) is 6.71. The molecule has 0 aliphatic heterocycles. The minimum atomic E-state index is -0.478. The molecule has 9 heteroatoms. The van der Waals surface area contributed by atoms with E-state index in [2.05, 4.69) is 15.5 Å². The van der Waals surface area contributed by atoms with E-state index in [1.54, 1.807) is 30.9 Å². The number of halogens is 1. The summed E-state index contributed by atoms with van der Waals surface area (Å²) in [6.45, 7) is 1.86. The maximum atomic E-state index is 13.6. The average Bonchev–Trinajstić information content (AvgIpc) is 3.09. The van der Waals surface area contributed by atoms with Crippen molar-refractivity contribution in [2.24, 2.45) is 7.05 Å². The van der Waals surface area contributed by atoms with Gasteiger partial charge in [0.1, 0.15) is 5.82 Å². The van der Waals surface area contributed by atoms with E-state index >= 15 is 0 Å². The molecule has 3 aromatic rings. The van der Waals surface area contributed by atoms with Gasteiger partial charge >= 0.3 is 0 Å². The fourth-order valence-corrected chi connectivity index (χ4v) is 3.36. The van der Waals surface area contributed by atoms with Gasteiger partial charge in [-0.1, -0.05) is 36.0 Å². The Morgan fingerprint density at radius 3 is 2.59 bits per heavy atom. The van der Waals surface area contributed by atoms with Crippen molar-refractivity contribution in [3.63, 3.8) is 0 Å². The number of hydrogen-bond acceptors (Lipinski definition) is 6. The SMILES string of the molecule is COc1ccccc1OC(C)c1nnc(SCC(=O)Nc2ccccc2F)n1C. The van der Waals surface area contributed by atoms with Crippen LogP contribution in [0.15, 0.2) is 53.7 Å².